The molecule has 3 N–H and O–H groups in total. The van der Waals surface area contributed by atoms with Gasteiger partial charge in [0.25, 0.3) is 5.91 Å². The van der Waals surface area contributed by atoms with Crippen LogP contribution < -0.4 is 20.7 Å². The fourth-order valence-electron chi connectivity index (χ4n) is 3.85. The van der Waals surface area contributed by atoms with Gasteiger partial charge >= 0.3 is 6.09 Å². The summed E-state index contributed by atoms with van der Waals surface area (Å²) in [5.41, 5.74) is 5.88. The number of amides is 2. The van der Waals surface area contributed by atoms with Crippen molar-refractivity contribution in [2.45, 2.75) is 45.1 Å². The van der Waals surface area contributed by atoms with Crippen molar-refractivity contribution in [3.05, 3.63) is 30.0 Å². The highest BCUT2D eigenvalue weighted by molar-refractivity contribution is 6.03. The van der Waals surface area contributed by atoms with Crippen molar-refractivity contribution in [3.63, 3.8) is 0 Å². The minimum absolute atomic E-state index is 0.0184. The lowest BCUT2D eigenvalue weighted by molar-refractivity contribution is 0.0994. The molecule has 2 aliphatic rings. The molecule has 0 saturated carbocycles. The minimum Gasteiger partial charge on any atom is -0.490 e. The van der Waals surface area contributed by atoms with E-state index in [2.05, 4.69) is 15.2 Å². The van der Waals surface area contributed by atoms with Crippen LogP contribution in [0.3, 0.4) is 0 Å². The summed E-state index contributed by atoms with van der Waals surface area (Å²) in [6, 6.07) is 5.33. The summed E-state index contributed by atoms with van der Waals surface area (Å²) in [6.45, 7) is 6.36. The van der Waals surface area contributed by atoms with Gasteiger partial charge in [-0.2, -0.15) is 0 Å². The predicted molar refractivity (Wildman–Crippen MR) is 100 cm³/mol. The van der Waals surface area contributed by atoms with Crippen molar-refractivity contribution in [1.82, 2.24) is 10.3 Å². The van der Waals surface area contributed by atoms with Gasteiger partial charge in [-0.3, -0.25) is 4.79 Å². The SMILES string of the molecule is CC(C)Oc1cc2c(N3C[C@@H]4OC(=O)N[C@@H]4C3C)nccc2cc1C(N)=O. The number of aromatic nitrogens is 1. The molecule has 142 valence electrons. The number of nitrogens with two attached hydrogens (primary N) is 1. The van der Waals surface area contributed by atoms with E-state index in [0.717, 1.165) is 16.6 Å². The predicted octanol–water partition coefficient (Wildman–Crippen LogP) is 1.81. The molecule has 0 bridgehead atoms. The van der Waals surface area contributed by atoms with Crippen LogP contribution in [0.25, 0.3) is 10.8 Å². The van der Waals surface area contributed by atoms with Gasteiger partial charge in [-0.25, -0.2) is 9.78 Å². The number of carbonyl (C=O) groups is 2. The number of carbonyl (C=O) groups excluding carboxylic acids is 2. The van der Waals surface area contributed by atoms with E-state index in [-0.39, 0.29) is 30.4 Å². The summed E-state index contributed by atoms with van der Waals surface area (Å²) in [5.74, 6) is 0.666. The highest BCUT2D eigenvalue weighted by Crippen LogP contribution is 2.36. The van der Waals surface area contributed by atoms with E-state index in [1.165, 1.54) is 0 Å². The molecule has 0 spiro atoms. The van der Waals surface area contributed by atoms with Crippen molar-refractivity contribution >= 4 is 28.6 Å². The number of alkyl carbamates (subject to hydrolysis) is 1. The molecule has 2 saturated heterocycles. The van der Waals surface area contributed by atoms with E-state index >= 15 is 0 Å². The minimum atomic E-state index is -0.536. The molecule has 3 heterocycles. The maximum Gasteiger partial charge on any atom is 0.407 e. The summed E-state index contributed by atoms with van der Waals surface area (Å²) in [4.78, 5) is 30.0. The van der Waals surface area contributed by atoms with Crippen molar-refractivity contribution in [1.29, 1.82) is 0 Å². The topological polar surface area (TPSA) is 107 Å². The van der Waals surface area contributed by atoms with Gasteiger partial charge in [0.05, 0.1) is 30.3 Å². The maximum atomic E-state index is 11.9. The van der Waals surface area contributed by atoms with Crippen LogP contribution in [0.2, 0.25) is 0 Å². The van der Waals surface area contributed by atoms with Gasteiger partial charge < -0.3 is 25.4 Å². The standard InChI is InChI=1S/C19H22N4O4/c1-9(2)26-14-7-12-11(6-13(14)17(20)24)4-5-21-18(12)23-8-15-16(10(23)3)22-19(25)27-15/h4-7,9-10,15-16H,8H2,1-3H3,(H2,20,24)(H,22,25)/t10?,15-,16+/m0/s1. The summed E-state index contributed by atoms with van der Waals surface area (Å²) in [7, 11) is 0. The van der Waals surface area contributed by atoms with Gasteiger partial charge in [-0.15, -0.1) is 0 Å². The second-order valence-electron chi connectivity index (χ2n) is 7.24. The van der Waals surface area contributed by atoms with Crippen LogP contribution in [-0.4, -0.2) is 47.8 Å². The first-order valence-electron chi connectivity index (χ1n) is 8.98. The van der Waals surface area contributed by atoms with Crippen LogP contribution in [0.4, 0.5) is 10.6 Å². The zero-order valence-corrected chi connectivity index (χ0v) is 15.4. The van der Waals surface area contributed by atoms with Crippen LogP contribution in [0.5, 0.6) is 5.75 Å². The number of pyridine rings is 1. The summed E-state index contributed by atoms with van der Waals surface area (Å²) in [6.07, 6.45) is 1.02. The normalized spacial score (nSPS) is 24.1. The fraction of sp³-hybridized carbons (Fsp3) is 0.421. The molecule has 27 heavy (non-hydrogen) atoms. The first-order valence-corrected chi connectivity index (χ1v) is 8.98. The first kappa shape index (κ1) is 17.4. The zero-order chi connectivity index (χ0) is 19.3. The van der Waals surface area contributed by atoms with E-state index in [1.54, 1.807) is 12.3 Å². The Kier molecular flexibility index (Phi) is 4.05. The summed E-state index contributed by atoms with van der Waals surface area (Å²) in [5, 5.41) is 4.56. The molecule has 2 aromatic rings. The van der Waals surface area contributed by atoms with Crippen LogP contribution >= 0.6 is 0 Å². The number of hydrogen-bond acceptors (Lipinski definition) is 6. The lowest BCUT2D eigenvalue weighted by Crippen LogP contribution is -2.41. The molecule has 2 amide bonds. The number of hydrogen-bond donors (Lipinski definition) is 2. The molecular weight excluding hydrogens is 348 g/mol. The Morgan fingerprint density at radius 3 is 2.89 bits per heavy atom. The lowest BCUT2D eigenvalue weighted by Gasteiger charge is -2.26. The molecule has 2 aliphatic heterocycles. The number of ether oxygens (including phenoxy) is 2. The largest absolute Gasteiger partial charge is 0.490 e. The third-order valence-corrected chi connectivity index (χ3v) is 5.08. The zero-order valence-electron chi connectivity index (χ0n) is 15.4. The summed E-state index contributed by atoms with van der Waals surface area (Å²) < 4.78 is 11.2. The number of anilines is 1. The molecule has 8 heteroatoms. The molecule has 4 rings (SSSR count). The lowest BCUT2D eigenvalue weighted by atomic mass is 10.1. The quantitative estimate of drug-likeness (QED) is 0.850. The monoisotopic (exact) mass is 370 g/mol. The van der Waals surface area contributed by atoms with Crippen molar-refractivity contribution in [2.24, 2.45) is 5.73 Å². The van der Waals surface area contributed by atoms with Crippen molar-refractivity contribution in [3.8, 4) is 5.75 Å². The number of primary amides is 1. The first-order chi connectivity index (χ1) is 12.8. The summed E-state index contributed by atoms with van der Waals surface area (Å²) >= 11 is 0. The van der Waals surface area contributed by atoms with Gasteiger partial charge in [-0.1, -0.05) is 0 Å². The Morgan fingerprint density at radius 1 is 1.44 bits per heavy atom. The Hall–Kier alpha value is -3.03. The average Bonchev–Trinajstić information content (AvgIpc) is 3.10. The molecule has 8 nitrogen and oxygen atoms in total. The van der Waals surface area contributed by atoms with Crippen LogP contribution in [0.15, 0.2) is 24.4 Å². The van der Waals surface area contributed by atoms with Gasteiger partial charge in [0, 0.05) is 11.6 Å². The van der Waals surface area contributed by atoms with Crippen molar-refractivity contribution in [2.75, 3.05) is 11.4 Å². The van der Waals surface area contributed by atoms with Crippen molar-refractivity contribution < 1.29 is 19.1 Å². The Balaban J connectivity index is 1.80. The molecular formula is C19H22N4O4. The molecule has 1 aromatic heterocycles. The molecule has 0 radical (unpaired) electrons. The van der Waals surface area contributed by atoms with E-state index in [4.69, 9.17) is 15.2 Å². The van der Waals surface area contributed by atoms with Gasteiger partial charge in [0.2, 0.25) is 0 Å². The molecule has 1 unspecified atom stereocenters. The van der Waals surface area contributed by atoms with E-state index in [1.807, 2.05) is 32.9 Å². The van der Waals surface area contributed by atoms with E-state index in [9.17, 15) is 9.59 Å². The second-order valence-corrected chi connectivity index (χ2v) is 7.24. The Labute approximate surface area is 156 Å². The van der Waals surface area contributed by atoms with Gasteiger partial charge in [0.15, 0.2) is 0 Å². The van der Waals surface area contributed by atoms with Gasteiger partial charge in [-0.05, 0) is 44.4 Å². The smallest absolute Gasteiger partial charge is 0.407 e. The number of benzene rings is 1. The van der Waals surface area contributed by atoms with E-state index < -0.39 is 5.91 Å². The number of nitrogens with zero attached hydrogens (tertiary/aromatic N) is 2. The molecule has 3 atom stereocenters. The van der Waals surface area contributed by atoms with Crippen LogP contribution in [-0.2, 0) is 4.74 Å². The average molecular weight is 370 g/mol. The van der Waals surface area contributed by atoms with E-state index in [0.29, 0.717) is 17.9 Å². The third-order valence-electron chi connectivity index (χ3n) is 5.08. The Morgan fingerprint density at radius 2 is 2.22 bits per heavy atom. The number of rotatable bonds is 4. The highest BCUT2D eigenvalue weighted by atomic mass is 16.6. The van der Waals surface area contributed by atoms with Crippen LogP contribution in [0, 0.1) is 0 Å². The van der Waals surface area contributed by atoms with Crippen LogP contribution in [0.1, 0.15) is 31.1 Å². The van der Waals surface area contributed by atoms with Gasteiger partial charge in [0.1, 0.15) is 17.7 Å². The molecule has 2 fully saturated rings. The second kappa shape index (κ2) is 6.29. The fourth-order valence-corrected chi connectivity index (χ4v) is 3.85. The third kappa shape index (κ3) is 2.90. The molecule has 1 aromatic carbocycles. The molecule has 0 aliphatic carbocycles. The number of fused-ring (bicyclic) bond motifs is 2. The Bertz CT molecular complexity index is 929. The highest BCUT2D eigenvalue weighted by Gasteiger charge is 2.47. The number of nitrogens with one attached hydrogen (secondary N) is 1. The maximum absolute atomic E-state index is 11.9.